The third kappa shape index (κ3) is 3.86. The van der Waals surface area contributed by atoms with E-state index in [2.05, 4.69) is 15.5 Å². The molecule has 1 atom stereocenters. The third-order valence-electron chi connectivity index (χ3n) is 7.54. The summed E-state index contributed by atoms with van der Waals surface area (Å²) in [7, 11) is 3.55. The van der Waals surface area contributed by atoms with Crippen LogP contribution >= 0.6 is 0 Å². The van der Waals surface area contributed by atoms with E-state index in [1.165, 1.54) is 12.0 Å². The van der Waals surface area contributed by atoms with Gasteiger partial charge in [0.05, 0.1) is 13.7 Å². The number of ether oxygens (including phenoxy) is 1. The highest BCUT2D eigenvalue weighted by Gasteiger charge is 2.53. The quantitative estimate of drug-likeness (QED) is 0.492. The highest BCUT2D eigenvalue weighted by molar-refractivity contribution is 6.08. The van der Waals surface area contributed by atoms with Gasteiger partial charge in [-0.15, -0.1) is 0 Å². The van der Waals surface area contributed by atoms with Gasteiger partial charge in [-0.05, 0) is 42.9 Å². The van der Waals surface area contributed by atoms with Gasteiger partial charge in [0, 0.05) is 49.2 Å². The van der Waals surface area contributed by atoms with Crippen LogP contribution in [0, 0.1) is 0 Å². The van der Waals surface area contributed by atoms with Crippen molar-refractivity contribution < 1.29 is 28.3 Å². The van der Waals surface area contributed by atoms with Gasteiger partial charge in [-0.2, -0.15) is 0 Å². The predicted octanol–water partition coefficient (Wildman–Crippen LogP) is 1.52. The Bertz CT molecular complexity index is 1490. The van der Waals surface area contributed by atoms with E-state index in [4.69, 9.17) is 9.15 Å². The van der Waals surface area contributed by atoms with Gasteiger partial charge < -0.3 is 29.2 Å². The Balaban J connectivity index is 1.32. The number of furan rings is 1. The zero-order valence-corrected chi connectivity index (χ0v) is 21.1. The number of imide groups is 1. The van der Waals surface area contributed by atoms with Crippen molar-refractivity contribution in [3.05, 3.63) is 64.9 Å². The first kappa shape index (κ1) is 24.0. The normalized spacial score (nSPS) is 21.6. The number of amides is 5. The van der Waals surface area contributed by atoms with Crippen LogP contribution in [-0.2, 0) is 16.9 Å². The molecule has 3 aliphatic heterocycles. The Morgan fingerprint density at radius 2 is 1.84 bits per heavy atom. The van der Waals surface area contributed by atoms with Gasteiger partial charge in [0.2, 0.25) is 0 Å². The lowest BCUT2D eigenvalue weighted by Gasteiger charge is -2.32. The van der Waals surface area contributed by atoms with Gasteiger partial charge in [0.15, 0.2) is 5.54 Å². The summed E-state index contributed by atoms with van der Waals surface area (Å²) in [6.07, 6.45) is 0. The Morgan fingerprint density at radius 1 is 1.05 bits per heavy atom. The molecule has 0 bridgehead atoms. The molecule has 0 unspecified atom stereocenters. The number of rotatable bonds is 5. The first-order valence-corrected chi connectivity index (χ1v) is 12.4. The number of benzene rings is 2. The number of methoxy groups -OCH3 is 1. The van der Waals surface area contributed by atoms with Gasteiger partial charge >= 0.3 is 6.03 Å². The largest absolute Gasteiger partial charge is 0.497 e. The Morgan fingerprint density at radius 3 is 2.55 bits per heavy atom. The van der Waals surface area contributed by atoms with Crippen LogP contribution in [0.2, 0.25) is 0 Å². The number of carbonyl (C=O) groups excluding carboxylic acids is 4. The molecule has 0 spiro atoms. The zero-order valence-electron chi connectivity index (χ0n) is 21.1. The molecule has 2 aromatic carbocycles. The zero-order chi connectivity index (χ0) is 26.6. The number of piperazine rings is 1. The lowest BCUT2D eigenvalue weighted by Crippen LogP contribution is -2.52. The second-order valence-electron chi connectivity index (χ2n) is 9.96. The lowest BCUT2D eigenvalue weighted by molar-refractivity contribution is -0.125. The van der Waals surface area contributed by atoms with E-state index >= 15 is 0 Å². The first-order chi connectivity index (χ1) is 18.3. The predicted molar refractivity (Wildman–Crippen MR) is 136 cm³/mol. The minimum atomic E-state index is -1.63. The van der Waals surface area contributed by atoms with E-state index in [0.29, 0.717) is 40.9 Å². The second kappa shape index (κ2) is 8.88. The van der Waals surface area contributed by atoms with Crippen molar-refractivity contribution in [1.82, 2.24) is 25.3 Å². The number of urea groups is 1. The minimum Gasteiger partial charge on any atom is -0.497 e. The van der Waals surface area contributed by atoms with Crippen LogP contribution in [0.4, 0.5) is 4.79 Å². The molecule has 4 heterocycles. The van der Waals surface area contributed by atoms with Gasteiger partial charge in [-0.25, -0.2) is 4.79 Å². The highest BCUT2D eigenvalue weighted by atomic mass is 16.5. The SMILES string of the molecule is COc1ccc2c(c1)C(=O)N(C[C@@]1(c3cc4ccc(C(=O)N5CCN(C)CC5)cc4o3)NC(=O)NC1=O)C2. The maximum absolute atomic E-state index is 13.2. The fourth-order valence-electron chi connectivity index (χ4n) is 5.30. The van der Waals surface area contributed by atoms with Crippen LogP contribution in [0.25, 0.3) is 11.0 Å². The molecule has 2 fully saturated rings. The van der Waals surface area contributed by atoms with Crippen LogP contribution in [0.1, 0.15) is 32.0 Å². The molecule has 38 heavy (non-hydrogen) atoms. The van der Waals surface area contributed by atoms with Crippen LogP contribution < -0.4 is 15.4 Å². The molecular weight excluding hydrogens is 490 g/mol. The lowest BCUT2D eigenvalue weighted by atomic mass is 9.95. The summed E-state index contributed by atoms with van der Waals surface area (Å²) in [6, 6.07) is 11.4. The molecular formula is C27H27N5O6. The first-order valence-electron chi connectivity index (χ1n) is 12.4. The molecule has 6 rings (SSSR count). The maximum Gasteiger partial charge on any atom is 0.322 e. The molecule has 2 saturated heterocycles. The van der Waals surface area contributed by atoms with Gasteiger partial charge in [-0.1, -0.05) is 12.1 Å². The molecule has 5 amide bonds. The van der Waals surface area contributed by atoms with Crippen LogP contribution in [0.15, 0.2) is 46.9 Å². The van der Waals surface area contributed by atoms with Crippen LogP contribution in [0.5, 0.6) is 5.75 Å². The number of carbonyl (C=O) groups is 4. The molecule has 0 radical (unpaired) electrons. The Hall–Kier alpha value is -4.38. The summed E-state index contributed by atoms with van der Waals surface area (Å²) in [5.41, 5.74) is 0.554. The molecule has 11 nitrogen and oxygen atoms in total. The van der Waals surface area contributed by atoms with Gasteiger partial charge in [0.25, 0.3) is 17.7 Å². The molecule has 2 N–H and O–H groups in total. The van der Waals surface area contributed by atoms with Gasteiger partial charge in [-0.3, -0.25) is 19.7 Å². The third-order valence-corrected chi connectivity index (χ3v) is 7.54. The second-order valence-corrected chi connectivity index (χ2v) is 9.96. The van der Waals surface area contributed by atoms with Crippen molar-refractivity contribution in [3.63, 3.8) is 0 Å². The van der Waals surface area contributed by atoms with Crippen molar-refractivity contribution in [1.29, 1.82) is 0 Å². The number of hydrogen-bond donors (Lipinski definition) is 2. The average molecular weight is 518 g/mol. The van der Waals surface area contributed by atoms with E-state index < -0.39 is 17.5 Å². The summed E-state index contributed by atoms with van der Waals surface area (Å²) in [6.45, 7) is 3.04. The van der Waals surface area contributed by atoms with Crippen LogP contribution in [-0.4, -0.2) is 85.3 Å². The summed E-state index contributed by atoms with van der Waals surface area (Å²) in [4.78, 5) is 57.3. The van der Waals surface area contributed by atoms with Crippen molar-refractivity contribution >= 4 is 34.7 Å². The molecule has 3 aliphatic rings. The molecule has 196 valence electrons. The van der Waals surface area contributed by atoms with E-state index in [1.54, 1.807) is 36.4 Å². The Kier molecular flexibility index (Phi) is 5.60. The van der Waals surface area contributed by atoms with Crippen molar-refractivity contribution in [3.8, 4) is 5.75 Å². The molecule has 3 aromatic rings. The molecule has 0 aliphatic carbocycles. The van der Waals surface area contributed by atoms with E-state index in [9.17, 15) is 19.2 Å². The summed E-state index contributed by atoms with van der Waals surface area (Å²) in [5.74, 6) is -0.239. The highest BCUT2D eigenvalue weighted by Crippen LogP contribution is 2.35. The minimum absolute atomic E-state index is 0.0876. The summed E-state index contributed by atoms with van der Waals surface area (Å²) < 4.78 is 11.4. The van der Waals surface area contributed by atoms with E-state index in [1.807, 2.05) is 18.0 Å². The fourth-order valence-corrected chi connectivity index (χ4v) is 5.30. The fraction of sp³-hybridized carbons (Fsp3) is 0.333. The smallest absolute Gasteiger partial charge is 0.322 e. The standard InChI is InChI=1S/C27H27N5O6/c1-30-7-9-31(10-8-30)23(33)17-4-3-16-12-22(38-21(16)11-17)27(25(35)28-26(36)29-27)15-32-14-18-5-6-19(37-2)13-20(18)24(32)34/h3-6,11-13H,7-10,14-15H2,1-2H3,(H2,28,29,35,36)/t27-/m0/s1. The number of likely N-dealkylation sites (N-methyl/N-ethyl adjacent to an activating group) is 1. The van der Waals surface area contributed by atoms with Crippen molar-refractivity contribution in [2.45, 2.75) is 12.1 Å². The number of nitrogens with one attached hydrogen (secondary N) is 2. The number of hydrogen-bond acceptors (Lipinski definition) is 7. The number of fused-ring (bicyclic) bond motifs is 2. The monoisotopic (exact) mass is 517 g/mol. The summed E-state index contributed by atoms with van der Waals surface area (Å²) in [5, 5.41) is 5.65. The van der Waals surface area contributed by atoms with Crippen LogP contribution in [0.3, 0.4) is 0 Å². The van der Waals surface area contributed by atoms with Crippen molar-refractivity contribution in [2.24, 2.45) is 0 Å². The molecule has 1 aromatic heterocycles. The number of nitrogens with zero attached hydrogens (tertiary/aromatic N) is 3. The topological polar surface area (TPSA) is 124 Å². The summed E-state index contributed by atoms with van der Waals surface area (Å²) >= 11 is 0. The average Bonchev–Trinajstić information content (AvgIpc) is 3.57. The van der Waals surface area contributed by atoms with Gasteiger partial charge in [0.1, 0.15) is 17.1 Å². The Labute approximate surface area is 218 Å². The van der Waals surface area contributed by atoms with Crippen molar-refractivity contribution in [2.75, 3.05) is 46.9 Å². The molecule has 0 saturated carbocycles. The van der Waals surface area contributed by atoms with E-state index in [0.717, 1.165) is 18.7 Å². The van der Waals surface area contributed by atoms with E-state index in [-0.39, 0.29) is 30.7 Å². The maximum atomic E-state index is 13.2. The molecule has 11 heteroatoms.